The van der Waals surface area contributed by atoms with Crippen molar-refractivity contribution in [1.82, 2.24) is 0 Å². The summed E-state index contributed by atoms with van der Waals surface area (Å²) in [6, 6.07) is 0. The van der Waals surface area contributed by atoms with Crippen LogP contribution in [-0.2, 0) is 28.5 Å². The van der Waals surface area contributed by atoms with Gasteiger partial charge in [-0.25, -0.2) is 0 Å². The van der Waals surface area contributed by atoms with Gasteiger partial charge in [-0.1, -0.05) is 0 Å². The van der Waals surface area contributed by atoms with Crippen molar-refractivity contribution in [3.63, 3.8) is 0 Å². The molecule has 0 aromatic carbocycles. The van der Waals surface area contributed by atoms with Gasteiger partial charge in [-0.3, -0.25) is 9.59 Å². The average molecular weight is 328 g/mol. The van der Waals surface area contributed by atoms with E-state index in [1.54, 1.807) is 6.92 Å². The highest BCUT2D eigenvalue weighted by molar-refractivity contribution is 5.83. The summed E-state index contributed by atoms with van der Waals surface area (Å²) >= 11 is 0. The van der Waals surface area contributed by atoms with E-state index in [1.807, 2.05) is 0 Å². The Bertz CT molecular complexity index is 499. The van der Waals surface area contributed by atoms with E-state index in [2.05, 4.69) is 0 Å². The highest BCUT2D eigenvalue weighted by atomic mass is 16.7. The predicted octanol–water partition coefficient (Wildman–Crippen LogP) is 1.34. The highest BCUT2D eigenvalue weighted by Gasteiger charge is 2.74. The fourth-order valence-corrected chi connectivity index (χ4v) is 4.54. The molecule has 7 heteroatoms. The second-order valence-electron chi connectivity index (χ2n) is 6.67. The van der Waals surface area contributed by atoms with Crippen LogP contribution in [0.15, 0.2) is 0 Å². The van der Waals surface area contributed by atoms with Gasteiger partial charge in [0.2, 0.25) is 0 Å². The number of aliphatic carboxylic acids is 1. The first-order chi connectivity index (χ1) is 11.0. The first-order valence-electron chi connectivity index (χ1n) is 8.18. The molecule has 23 heavy (non-hydrogen) atoms. The zero-order valence-corrected chi connectivity index (χ0v) is 13.6. The van der Waals surface area contributed by atoms with Gasteiger partial charge >= 0.3 is 11.9 Å². The highest BCUT2D eigenvalue weighted by Crippen LogP contribution is 2.65. The van der Waals surface area contributed by atoms with Crippen molar-refractivity contribution in [2.24, 2.45) is 10.8 Å². The Morgan fingerprint density at radius 2 is 1.96 bits per heavy atom. The molecular weight excluding hydrogens is 304 g/mol. The second-order valence-corrected chi connectivity index (χ2v) is 6.67. The summed E-state index contributed by atoms with van der Waals surface area (Å²) in [5.41, 5.74) is -2.08. The fourth-order valence-electron chi connectivity index (χ4n) is 4.54. The lowest BCUT2D eigenvalue weighted by atomic mass is 9.49. The number of carbonyl (C=O) groups excluding carboxylic acids is 1. The molecule has 4 aliphatic rings. The maximum Gasteiger partial charge on any atom is 0.317 e. The molecular formula is C16H24O7. The van der Waals surface area contributed by atoms with Gasteiger partial charge in [-0.15, -0.1) is 0 Å². The van der Waals surface area contributed by atoms with Crippen LogP contribution in [0.1, 0.15) is 39.0 Å². The SMILES string of the molecule is CCOC(=O)[C@@]12CC[C@@](C(=O)O)(CC13OCCCO3)[C@H](OC)C2. The summed E-state index contributed by atoms with van der Waals surface area (Å²) in [6.07, 6.45) is 1.26. The molecule has 2 bridgehead atoms. The van der Waals surface area contributed by atoms with Gasteiger partial charge in [0.15, 0.2) is 5.79 Å². The molecule has 7 nitrogen and oxygen atoms in total. The molecule has 1 heterocycles. The number of hydrogen-bond donors (Lipinski definition) is 1. The first-order valence-corrected chi connectivity index (χ1v) is 8.18. The number of hydrogen-bond acceptors (Lipinski definition) is 6. The zero-order valence-electron chi connectivity index (χ0n) is 13.6. The van der Waals surface area contributed by atoms with Crippen LogP contribution < -0.4 is 0 Å². The van der Waals surface area contributed by atoms with Crippen molar-refractivity contribution in [3.8, 4) is 0 Å². The number of fused-ring (bicyclic) bond motifs is 2. The van der Waals surface area contributed by atoms with E-state index in [0.29, 0.717) is 26.1 Å². The van der Waals surface area contributed by atoms with E-state index in [0.717, 1.165) is 6.42 Å². The molecule has 1 saturated heterocycles. The van der Waals surface area contributed by atoms with Crippen molar-refractivity contribution < 1.29 is 33.6 Å². The third-order valence-corrected chi connectivity index (χ3v) is 5.76. The first kappa shape index (κ1) is 16.7. The van der Waals surface area contributed by atoms with Crippen LogP contribution in [0, 0.1) is 10.8 Å². The van der Waals surface area contributed by atoms with Gasteiger partial charge in [0, 0.05) is 13.5 Å². The van der Waals surface area contributed by atoms with Gasteiger partial charge in [0.05, 0.1) is 31.3 Å². The number of esters is 1. The molecule has 4 rings (SSSR count). The summed E-state index contributed by atoms with van der Waals surface area (Å²) in [5.74, 6) is -2.51. The van der Waals surface area contributed by atoms with E-state index in [-0.39, 0.29) is 25.4 Å². The van der Waals surface area contributed by atoms with Crippen LogP contribution >= 0.6 is 0 Å². The Labute approximate surface area is 135 Å². The summed E-state index contributed by atoms with van der Waals surface area (Å²) < 4.78 is 22.7. The molecule has 0 amide bonds. The molecule has 0 unspecified atom stereocenters. The molecule has 3 aliphatic carbocycles. The minimum absolute atomic E-state index is 0.118. The molecule has 0 aromatic heterocycles. The number of carboxylic acid groups (broad SMARTS) is 1. The van der Waals surface area contributed by atoms with Crippen LogP contribution in [0.4, 0.5) is 0 Å². The lowest BCUT2D eigenvalue weighted by Crippen LogP contribution is -2.72. The number of carboxylic acids is 1. The molecule has 3 saturated carbocycles. The summed E-state index contributed by atoms with van der Waals surface area (Å²) in [6.45, 7) is 2.92. The molecule has 1 N–H and O–H groups in total. The lowest BCUT2D eigenvalue weighted by molar-refractivity contribution is -0.372. The third kappa shape index (κ3) is 2.13. The second kappa shape index (κ2) is 5.72. The van der Waals surface area contributed by atoms with Crippen molar-refractivity contribution in [3.05, 3.63) is 0 Å². The predicted molar refractivity (Wildman–Crippen MR) is 77.7 cm³/mol. The zero-order chi connectivity index (χ0) is 16.7. The third-order valence-electron chi connectivity index (χ3n) is 5.76. The van der Waals surface area contributed by atoms with Crippen molar-refractivity contribution in [2.75, 3.05) is 26.9 Å². The molecule has 0 aromatic rings. The van der Waals surface area contributed by atoms with E-state index in [4.69, 9.17) is 18.9 Å². The Hall–Kier alpha value is -1.18. The Morgan fingerprint density at radius 3 is 2.52 bits per heavy atom. The van der Waals surface area contributed by atoms with Crippen LogP contribution in [0.2, 0.25) is 0 Å². The maximum absolute atomic E-state index is 12.8. The quantitative estimate of drug-likeness (QED) is 0.779. The Balaban J connectivity index is 2.06. The van der Waals surface area contributed by atoms with E-state index < -0.39 is 28.7 Å². The maximum atomic E-state index is 12.8. The minimum Gasteiger partial charge on any atom is -0.481 e. The normalized spacial score (nSPS) is 38.4. The Kier molecular flexibility index (Phi) is 4.14. The lowest BCUT2D eigenvalue weighted by Gasteiger charge is -2.62. The average Bonchev–Trinajstić information content (AvgIpc) is 2.56. The van der Waals surface area contributed by atoms with Gasteiger partial charge in [0.25, 0.3) is 0 Å². The van der Waals surface area contributed by atoms with E-state index in [1.165, 1.54) is 7.11 Å². The smallest absolute Gasteiger partial charge is 0.317 e. The summed E-state index contributed by atoms with van der Waals surface area (Å²) in [5, 5.41) is 9.85. The number of rotatable bonds is 4. The molecule has 3 atom stereocenters. The van der Waals surface area contributed by atoms with Gasteiger partial charge in [0.1, 0.15) is 5.41 Å². The molecule has 1 aliphatic heterocycles. The topological polar surface area (TPSA) is 91.3 Å². The molecule has 4 fully saturated rings. The number of ether oxygens (including phenoxy) is 4. The summed E-state index contributed by atoms with van der Waals surface area (Å²) in [7, 11) is 1.49. The van der Waals surface area contributed by atoms with Crippen LogP contribution in [-0.4, -0.2) is 55.9 Å². The number of methoxy groups -OCH3 is 1. The standard InChI is InChI=1S/C16H24O7/c1-3-21-13(19)15-6-5-14(12(17)18,11(9-15)20-2)10-16(15)22-7-4-8-23-16/h11H,3-10H2,1-2H3,(H,17,18)/t11-,14-,15+/m1/s1. The molecule has 0 radical (unpaired) electrons. The largest absolute Gasteiger partial charge is 0.481 e. The van der Waals surface area contributed by atoms with Crippen molar-refractivity contribution in [1.29, 1.82) is 0 Å². The van der Waals surface area contributed by atoms with Gasteiger partial charge < -0.3 is 24.1 Å². The summed E-state index contributed by atoms with van der Waals surface area (Å²) in [4.78, 5) is 24.8. The van der Waals surface area contributed by atoms with Crippen molar-refractivity contribution >= 4 is 11.9 Å². The number of carbonyl (C=O) groups is 2. The van der Waals surface area contributed by atoms with E-state index in [9.17, 15) is 14.7 Å². The fraction of sp³-hybridized carbons (Fsp3) is 0.875. The van der Waals surface area contributed by atoms with Crippen LogP contribution in [0.3, 0.4) is 0 Å². The van der Waals surface area contributed by atoms with Crippen LogP contribution in [0.5, 0.6) is 0 Å². The molecule has 130 valence electrons. The van der Waals surface area contributed by atoms with Gasteiger partial charge in [-0.05, 0) is 32.6 Å². The van der Waals surface area contributed by atoms with E-state index >= 15 is 0 Å². The monoisotopic (exact) mass is 328 g/mol. The Morgan fingerprint density at radius 1 is 1.26 bits per heavy atom. The van der Waals surface area contributed by atoms with Crippen LogP contribution in [0.25, 0.3) is 0 Å². The van der Waals surface area contributed by atoms with Gasteiger partial charge in [-0.2, -0.15) is 0 Å². The molecule has 1 spiro atoms. The minimum atomic E-state index is -1.22. The van der Waals surface area contributed by atoms with Crippen molar-refractivity contribution in [2.45, 2.75) is 50.9 Å².